The average Bonchev–Trinajstić information content (AvgIpc) is 2.45. The Morgan fingerprint density at radius 1 is 1.10 bits per heavy atom. The molecule has 0 radical (unpaired) electrons. The molecule has 0 saturated heterocycles. The number of likely N-dealkylation sites (N-methyl/N-ethyl adjacent to an activating group) is 1. The lowest BCUT2D eigenvalue weighted by molar-refractivity contribution is -0.133. The molecule has 0 heterocycles. The molecule has 0 aromatic carbocycles. The first kappa shape index (κ1) is 23.9. The van der Waals surface area contributed by atoms with Crippen molar-refractivity contribution in [2.75, 3.05) is 40.4 Å². The smallest absolute Gasteiger partial charge is 0.243 e. The molecule has 0 aromatic rings. The third-order valence-electron chi connectivity index (χ3n) is 1.86. The normalized spacial score (nSPS) is 8.80. The second kappa shape index (κ2) is 17.8. The van der Waals surface area contributed by atoms with Crippen LogP contribution in [0.15, 0.2) is 12.3 Å². The fourth-order valence-corrected chi connectivity index (χ4v) is 0.916. The molecule has 0 atom stereocenters. The van der Waals surface area contributed by atoms with Gasteiger partial charge in [0.1, 0.15) is 0 Å². The molecule has 0 aliphatic rings. The van der Waals surface area contributed by atoms with Gasteiger partial charge in [-0.2, -0.15) is 0 Å². The van der Waals surface area contributed by atoms with Gasteiger partial charge in [0, 0.05) is 20.0 Å². The van der Waals surface area contributed by atoms with Gasteiger partial charge in [0.25, 0.3) is 0 Å². The molecule has 0 saturated carbocycles. The van der Waals surface area contributed by atoms with Crippen LogP contribution in [-0.4, -0.2) is 56.9 Å². The Bertz CT molecular complexity index is 264. The molecule has 0 aliphatic carbocycles. The molecule has 0 amide bonds. The lowest BCUT2D eigenvalue weighted by Crippen LogP contribution is -2.27. The van der Waals surface area contributed by atoms with Crippen LogP contribution in [0.1, 0.15) is 34.6 Å². The van der Waals surface area contributed by atoms with Crippen LogP contribution in [0.3, 0.4) is 0 Å². The number of hydrogen-bond donors (Lipinski definition) is 1. The van der Waals surface area contributed by atoms with Crippen molar-refractivity contribution in [3.8, 4) is 0 Å². The number of ether oxygens (including phenoxy) is 1. The summed E-state index contributed by atoms with van der Waals surface area (Å²) >= 11 is 0. The van der Waals surface area contributed by atoms with E-state index < -0.39 is 11.6 Å². The maximum absolute atomic E-state index is 11.1. The molecule has 0 unspecified atom stereocenters. The summed E-state index contributed by atoms with van der Waals surface area (Å²) in [6.45, 7) is 15.2. The first-order valence-corrected chi connectivity index (χ1v) is 7.15. The number of carbonyl (C=O) groups is 2. The number of nitrogens with zero attached hydrogens (tertiary/aromatic N) is 1. The van der Waals surface area contributed by atoms with Crippen molar-refractivity contribution in [2.24, 2.45) is 0 Å². The molecule has 0 aliphatic heterocycles. The Labute approximate surface area is 124 Å². The van der Waals surface area contributed by atoms with Crippen molar-refractivity contribution in [3.05, 3.63) is 12.3 Å². The van der Waals surface area contributed by atoms with Gasteiger partial charge in [-0.3, -0.25) is 9.59 Å². The molecule has 1 N–H and O–H groups in total. The SMILES string of the molecule is C=C(NCCOCCN(C)C)C(=O)C(C)=O.CC.CC. The molecule has 0 fully saturated rings. The van der Waals surface area contributed by atoms with Gasteiger partial charge in [-0.25, -0.2) is 0 Å². The summed E-state index contributed by atoms with van der Waals surface area (Å²) in [5.41, 5.74) is 0.128. The molecule has 120 valence electrons. The second-order valence-electron chi connectivity index (χ2n) is 3.71. The summed E-state index contributed by atoms with van der Waals surface area (Å²) in [6, 6.07) is 0. The Kier molecular flexibility index (Phi) is 21.2. The highest BCUT2D eigenvalue weighted by atomic mass is 16.5. The molecule has 5 heteroatoms. The minimum atomic E-state index is -0.576. The predicted molar refractivity (Wildman–Crippen MR) is 84.9 cm³/mol. The molecule has 20 heavy (non-hydrogen) atoms. The van der Waals surface area contributed by atoms with Gasteiger partial charge in [0.2, 0.25) is 11.6 Å². The van der Waals surface area contributed by atoms with Gasteiger partial charge in [-0.1, -0.05) is 34.3 Å². The molecule has 5 nitrogen and oxygen atoms in total. The van der Waals surface area contributed by atoms with Gasteiger partial charge in [0.05, 0.1) is 18.9 Å². The van der Waals surface area contributed by atoms with Gasteiger partial charge in [-0.05, 0) is 14.1 Å². The summed E-state index contributed by atoms with van der Waals surface area (Å²) in [7, 11) is 3.93. The number of hydrogen-bond acceptors (Lipinski definition) is 5. The molecule has 0 bridgehead atoms. The van der Waals surface area contributed by atoms with Gasteiger partial charge in [0.15, 0.2) is 0 Å². The van der Waals surface area contributed by atoms with Crippen LogP contribution < -0.4 is 5.32 Å². The van der Waals surface area contributed by atoms with E-state index in [2.05, 4.69) is 11.9 Å². The largest absolute Gasteiger partial charge is 0.380 e. The lowest BCUT2D eigenvalue weighted by Gasteiger charge is -2.10. The quantitative estimate of drug-likeness (QED) is 0.399. The van der Waals surface area contributed by atoms with Crippen molar-refractivity contribution < 1.29 is 14.3 Å². The molecule has 0 spiro atoms. The maximum Gasteiger partial charge on any atom is 0.243 e. The monoisotopic (exact) mass is 288 g/mol. The zero-order valence-corrected chi connectivity index (χ0v) is 14.2. The van der Waals surface area contributed by atoms with Crippen LogP contribution in [0.2, 0.25) is 0 Å². The van der Waals surface area contributed by atoms with E-state index in [1.807, 2.05) is 46.7 Å². The Morgan fingerprint density at radius 3 is 2.00 bits per heavy atom. The summed E-state index contributed by atoms with van der Waals surface area (Å²) in [6.07, 6.45) is 0. The Morgan fingerprint density at radius 2 is 1.60 bits per heavy atom. The van der Waals surface area contributed by atoms with Crippen LogP contribution >= 0.6 is 0 Å². The van der Waals surface area contributed by atoms with E-state index in [-0.39, 0.29) is 5.70 Å². The Hall–Kier alpha value is -1.20. The first-order chi connectivity index (χ1) is 9.45. The van der Waals surface area contributed by atoms with E-state index in [9.17, 15) is 9.59 Å². The molecule has 0 aromatic heterocycles. The van der Waals surface area contributed by atoms with Gasteiger partial charge >= 0.3 is 0 Å². The second-order valence-corrected chi connectivity index (χ2v) is 3.71. The van der Waals surface area contributed by atoms with E-state index in [0.717, 1.165) is 6.54 Å². The van der Waals surface area contributed by atoms with Crippen LogP contribution in [0.5, 0.6) is 0 Å². The van der Waals surface area contributed by atoms with Crippen LogP contribution in [0, 0.1) is 0 Å². The van der Waals surface area contributed by atoms with Crippen molar-refractivity contribution in [3.63, 3.8) is 0 Å². The average molecular weight is 288 g/mol. The molecular formula is C15H32N2O3. The van der Waals surface area contributed by atoms with E-state index in [4.69, 9.17) is 4.74 Å². The third kappa shape index (κ3) is 16.8. The van der Waals surface area contributed by atoms with E-state index in [0.29, 0.717) is 19.8 Å². The summed E-state index contributed by atoms with van der Waals surface area (Å²) in [5, 5.41) is 2.75. The topological polar surface area (TPSA) is 58.6 Å². The zero-order chi connectivity index (χ0) is 16.6. The molecule has 0 rings (SSSR count). The van der Waals surface area contributed by atoms with Gasteiger partial charge in [-0.15, -0.1) is 0 Å². The first-order valence-electron chi connectivity index (χ1n) is 7.15. The minimum absolute atomic E-state index is 0.128. The van der Waals surface area contributed by atoms with E-state index in [1.165, 1.54) is 6.92 Å². The Balaban J connectivity index is -0.000000656. The number of carbonyl (C=O) groups excluding carboxylic acids is 2. The van der Waals surface area contributed by atoms with E-state index >= 15 is 0 Å². The van der Waals surface area contributed by atoms with Crippen molar-refractivity contribution in [2.45, 2.75) is 34.6 Å². The summed E-state index contributed by atoms with van der Waals surface area (Å²) in [5.74, 6) is -1.08. The minimum Gasteiger partial charge on any atom is -0.380 e. The summed E-state index contributed by atoms with van der Waals surface area (Å²) in [4.78, 5) is 23.8. The van der Waals surface area contributed by atoms with E-state index in [1.54, 1.807) is 0 Å². The standard InChI is InChI=1S/C11H20N2O3.2C2H6/c1-9(11(15)10(2)14)12-5-7-16-8-6-13(3)4;2*1-2/h12H,1,5-8H2,2-4H3;2*1-2H3. The predicted octanol–water partition coefficient (Wildman–Crippen LogP) is 1.88. The lowest BCUT2D eigenvalue weighted by atomic mass is 10.2. The van der Waals surface area contributed by atoms with Crippen LogP contribution in [0.25, 0.3) is 0 Å². The number of nitrogens with one attached hydrogen (secondary N) is 1. The van der Waals surface area contributed by atoms with Gasteiger partial charge < -0.3 is 15.0 Å². The number of allylic oxidation sites excluding steroid dienone is 1. The maximum atomic E-state index is 11.1. The fraction of sp³-hybridized carbons (Fsp3) is 0.733. The van der Waals surface area contributed by atoms with Crippen molar-refractivity contribution in [1.29, 1.82) is 0 Å². The number of ketones is 2. The van der Waals surface area contributed by atoms with Crippen LogP contribution in [-0.2, 0) is 14.3 Å². The number of rotatable bonds is 9. The number of Topliss-reactive ketones (excluding diaryl/α,β-unsaturated/α-hetero) is 2. The fourth-order valence-electron chi connectivity index (χ4n) is 0.916. The highest BCUT2D eigenvalue weighted by Crippen LogP contribution is 1.88. The van der Waals surface area contributed by atoms with Crippen molar-refractivity contribution >= 4 is 11.6 Å². The highest BCUT2D eigenvalue weighted by molar-refractivity contribution is 6.42. The zero-order valence-electron chi connectivity index (χ0n) is 14.2. The highest BCUT2D eigenvalue weighted by Gasteiger charge is 2.10. The molecular weight excluding hydrogens is 256 g/mol. The third-order valence-corrected chi connectivity index (χ3v) is 1.86. The van der Waals surface area contributed by atoms with Crippen molar-refractivity contribution in [1.82, 2.24) is 10.2 Å². The summed E-state index contributed by atoms with van der Waals surface area (Å²) < 4.78 is 5.29. The van der Waals surface area contributed by atoms with Crippen LogP contribution in [0.4, 0.5) is 0 Å².